The molecule has 0 radical (unpaired) electrons. The topological polar surface area (TPSA) is 104 Å². The lowest BCUT2D eigenvalue weighted by Gasteiger charge is -2.21. The number of rotatable bonds is 42. The summed E-state index contributed by atoms with van der Waals surface area (Å²) in [7, 11) is -4.37. The van der Waals surface area contributed by atoms with Crippen LogP contribution in [0.2, 0.25) is 0 Å². The van der Waals surface area contributed by atoms with Gasteiger partial charge in [-0.25, -0.2) is 0 Å². The number of hydrogen-bond donors (Lipinski definition) is 3. The van der Waals surface area contributed by atoms with Crippen LogP contribution in [0.15, 0.2) is 72.9 Å². The Morgan fingerprint density at radius 2 is 0.807 bits per heavy atom. The number of carbonyl (C=O) groups is 1. The zero-order valence-electron chi connectivity index (χ0n) is 36.9. The van der Waals surface area contributed by atoms with Crippen molar-refractivity contribution in [2.75, 3.05) is 5.75 Å². The number of carbonyl (C=O) groups excluding carboxylic acids is 1. The van der Waals surface area contributed by atoms with Crippen LogP contribution in [-0.2, 0) is 14.9 Å². The van der Waals surface area contributed by atoms with Crippen LogP contribution in [0.4, 0.5) is 0 Å². The molecular formula is C50H89NO5S. The Bertz CT molecular complexity index is 1170. The van der Waals surface area contributed by atoms with E-state index in [1.807, 2.05) is 0 Å². The van der Waals surface area contributed by atoms with Crippen LogP contribution < -0.4 is 5.32 Å². The molecule has 0 bridgehead atoms. The molecule has 1 amide bonds. The van der Waals surface area contributed by atoms with Gasteiger partial charge in [-0.3, -0.25) is 9.35 Å². The Hall–Kier alpha value is -2.22. The Kier molecular flexibility index (Phi) is 41.7. The first kappa shape index (κ1) is 54.8. The Morgan fingerprint density at radius 3 is 1.23 bits per heavy atom. The van der Waals surface area contributed by atoms with E-state index in [2.05, 4.69) is 79.9 Å². The van der Waals surface area contributed by atoms with Crippen LogP contribution in [0, 0.1) is 0 Å². The van der Waals surface area contributed by atoms with Gasteiger partial charge in [0, 0.05) is 6.42 Å². The van der Waals surface area contributed by atoms with E-state index in [4.69, 9.17) is 0 Å². The van der Waals surface area contributed by atoms with E-state index >= 15 is 0 Å². The normalized spacial score (nSPS) is 13.8. The molecule has 0 fully saturated rings. The average molecular weight is 816 g/mol. The fourth-order valence-electron chi connectivity index (χ4n) is 6.78. The molecule has 0 aliphatic carbocycles. The summed E-state index contributed by atoms with van der Waals surface area (Å²) in [6.07, 6.45) is 61.8. The maximum Gasteiger partial charge on any atom is 0.267 e. The number of amides is 1. The number of allylic oxidation sites excluding steroid dienone is 11. The van der Waals surface area contributed by atoms with Crippen molar-refractivity contribution in [2.24, 2.45) is 0 Å². The third-order valence-corrected chi connectivity index (χ3v) is 11.1. The fraction of sp³-hybridized carbons (Fsp3) is 0.740. The van der Waals surface area contributed by atoms with E-state index in [-0.39, 0.29) is 12.3 Å². The van der Waals surface area contributed by atoms with Crippen LogP contribution in [0.5, 0.6) is 0 Å². The minimum absolute atomic E-state index is 0.273. The minimum atomic E-state index is -4.37. The number of hydrogen-bond acceptors (Lipinski definition) is 4. The van der Waals surface area contributed by atoms with Gasteiger partial charge in [0.1, 0.15) is 0 Å². The van der Waals surface area contributed by atoms with Gasteiger partial charge in [-0.15, -0.1) is 0 Å². The third-order valence-electron chi connectivity index (χ3n) is 10.3. The summed E-state index contributed by atoms with van der Waals surface area (Å²) in [6.45, 7) is 4.52. The summed E-state index contributed by atoms with van der Waals surface area (Å²) in [6, 6.07) is -1.09. The van der Waals surface area contributed by atoms with Crippen LogP contribution in [0.1, 0.15) is 219 Å². The summed E-state index contributed by atoms with van der Waals surface area (Å²) >= 11 is 0. The van der Waals surface area contributed by atoms with Gasteiger partial charge in [-0.2, -0.15) is 8.42 Å². The Labute approximate surface area is 353 Å². The first-order valence-corrected chi connectivity index (χ1v) is 25.2. The van der Waals surface area contributed by atoms with E-state index in [1.54, 1.807) is 6.08 Å². The smallest absolute Gasteiger partial charge is 0.267 e. The van der Waals surface area contributed by atoms with Gasteiger partial charge < -0.3 is 10.4 Å². The molecule has 0 aliphatic heterocycles. The minimum Gasteiger partial charge on any atom is -0.387 e. The standard InChI is InChI=1S/C50H89NO5S/c1-3-5-7-9-11-13-15-17-19-21-23-24-25-26-28-30-32-34-36-38-40-42-44-46-50(53)51-48(47-57(54,55)56)49(52)45-43-41-39-37-35-33-31-29-27-22-20-18-16-14-12-10-8-6-4-2/h15,17,21,23,25-27,29,35,37,43,45,48-49,52H,3-14,16,18-20,22,24,28,30-34,36,38-42,44,46-47H2,1-2H3,(H,51,53)(H,54,55,56)/b17-15-,23-21-,26-25-,29-27+,37-35+,45-43+. The SMILES string of the molecule is CCCCCCC/C=C\C/C=C\C/C=C\CCCCCCCCCCC(=O)NC(CS(=O)(=O)O)C(O)/C=C/CC/C=C/CC/C=C/CCCCCCCCCCC. The monoisotopic (exact) mass is 816 g/mol. The highest BCUT2D eigenvalue weighted by atomic mass is 32.2. The molecule has 57 heavy (non-hydrogen) atoms. The molecule has 6 nitrogen and oxygen atoms in total. The summed E-state index contributed by atoms with van der Waals surface area (Å²) in [5, 5.41) is 13.2. The van der Waals surface area contributed by atoms with Crippen molar-refractivity contribution in [3.63, 3.8) is 0 Å². The lowest BCUT2D eigenvalue weighted by atomic mass is 10.1. The van der Waals surface area contributed by atoms with Crippen molar-refractivity contribution in [2.45, 2.75) is 231 Å². The van der Waals surface area contributed by atoms with Gasteiger partial charge >= 0.3 is 0 Å². The fourth-order valence-corrected chi connectivity index (χ4v) is 7.52. The zero-order valence-corrected chi connectivity index (χ0v) is 37.8. The van der Waals surface area contributed by atoms with Gasteiger partial charge in [-0.05, 0) is 83.5 Å². The Morgan fingerprint density at radius 1 is 0.474 bits per heavy atom. The van der Waals surface area contributed by atoms with Crippen molar-refractivity contribution < 1.29 is 22.9 Å². The molecule has 3 N–H and O–H groups in total. The lowest BCUT2D eigenvalue weighted by Crippen LogP contribution is -2.46. The molecule has 0 spiro atoms. The zero-order chi connectivity index (χ0) is 41.8. The molecule has 330 valence electrons. The molecule has 0 aromatic rings. The predicted molar refractivity (Wildman–Crippen MR) is 248 cm³/mol. The van der Waals surface area contributed by atoms with Crippen molar-refractivity contribution >= 4 is 16.0 Å². The van der Waals surface area contributed by atoms with Gasteiger partial charge in [0.2, 0.25) is 5.91 Å². The molecule has 0 saturated carbocycles. The average Bonchev–Trinajstić information content (AvgIpc) is 3.18. The summed E-state index contributed by atoms with van der Waals surface area (Å²) in [4.78, 5) is 12.6. The van der Waals surface area contributed by atoms with E-state index in [0.29, 0.717) is 12.8 Å². The quantitative estimate of drug-likeness (QED) is 0.0323. The lowest BCUT2D eigenvalue weighted by molar-refractivity contribution is -0.122. The molecule has 2 atom stereocenters. The van der Waals surface area contributed by atoms with Crippen molar-refractivity contribution in [3.05, 3.63) is 72.9 Å². The molecular weight excluding hydrogens is 727 g/mol. The van der Waals surface area contributed by atoms with Gasteiger partial charge in [0.25, 0.3) is 10.1 Å². The highest BCUT2D eigenvalue weighted by Crippen LogP contribution is 2.13. The molecule has 0 heterocycles. The highest BCUT2D eigenvalue weighted by molar-refractivity contribution is 7.85. The molecule has 0 rings (SSSR count). The summed E-state index contributed by atoms with van der Waals surface area (Å²) in [5.74, 6) is -1.02. The number of nitrogens with one attached hydrogen (secondary N) is 1. The van der Waals surface area contributed by atoms with Gasteiger partial charge in [0.15, 0.2) is 0 Å². The number of aliphatic hydroxyl groups excluding tert-OH is 1. The molecule has 0 aromatic heterocycles. The van der Waals surface area contributed by atoms with Crippen LogP contribution in [-0.4, -0.2) is 41.9 Å². The van der Waals surface area contributed by atoms with Crippen molar-refractivity contribution in [1.29, 1.82) is 0 Å². The first-order chi connectivity index (χ1) is 27.8. The molecule has 0 aliphatic rings. The second kappa shape index (κ2) is 43.4. The molecule has 0 saturated heterocycles. The van der Waals surface area contributed by atoms with Gasteiger partial charge in [0.05, 0.1) is 17.9 Å². The second-order valence-corrected chi connectivity index (χ2v) is 17.5. The van der Waals surface area contributed by atoms with E-state index in [9.17, 15) is 22.9 Å². The largest absolute Gasteiger partial charge is 0.387 e. The number of aliphatic hydroxyl groups is 1. The van der Waals surface area contributed by atoms with Crippen molar-refractivity contribution in [1.82, 2.24) is 5.32 Å². The van der Waals surface area contributed by atoms with Crippen LogP contribution in [0.3, 0.4) is 0 Å². The van der Waals surface area contributed by atoms with E-state index in [1.165, 1.54) is 134 Å². The summed E-state index contributed by atoms with van der Waals surface area (Å²) < 4.78 is 32.6. The molecule has 7 heteroatoms. The third kappa shape index (κ3) is 44.7. The van der Waals surface area contributed by atoms with Gasteiger partial charge in [-0.1, -0.05) is 202 Å². The predicted octanol–water partition coefficient (Wildman–Crippen LogP) is 14.6. The maximum atomic E-state index is 12.6. The highest BCUT2D eigenvalue weighted by Gasteiger charge is 2.24. The van der Waals surface area contributed by atoms with E-state index in [0.717, 1.165) is 57.8 Å². The molecule has 0 aromatic carbocycles. The first-order valence-electron chi connectivity index (χ1n) is 23.6. The van der Waals surface area contributed by atoms with Crippen molar-refractivity contribution in [3.8, 4) is 0 Å². The Balaban J connectivity index is 3.95. The second-order valence-electron chi connectivity index (χ2n) is 16.0. The van der Waals surface area contributed by atoms with E-state index < -0.39 is 28.0 Å². The van der Waals surface area contributed by atoms with Crippen LogP contribution >= 0.6 is 0 Å². The summed E-state index contributed by atoms with van der Waals surface area (Å²) in [5.41, 5.74) is 0. The molecule has 2 unspecified atom stereocenters. The number of unbranched alkanes of at least 4 members (excludes halogenated alkanes) is 24. The maximum absolute atomic E-state index is 12.6. The van der Waals surface area contributed by atoms with Crippen LogP contribution in [0.25, 0.3) is 0 Å².